The van der Waals surface area contributed by atoms with E-state index >= 15 is 0 Å². The maximum absolute atomic E-state index is 12.8. The van der Waals surface area contributed by atoms with E-state index in [4.69, 9.17) is 4.42 Å². The number of likely N-dealkylation sites (tertiary alicyclic amines) is 2. The normalized spacial score (nSPS) is 26.5. The van der Waals surface area contributed by atoms with Gasteiger partial charge in [0.2, 0.25) is 5.91 Å². The van der Waals surface area contributed by atoms with E-state index in [1.807, 2.05) is 17.9 Å². The van der Waals surface area contributed by atoms with E-state index in [2.05, 4.69) is 10.2 Å². The minimum Gasteiger partial charge on any atom is -0.459 e. The first-order valence-electron chi connectivity index (χ1n) is 9.97. The lowest BCUT2D eigenvalue weighted by Crippen LogP contribution is -2.58. The summed E-state index contributed by atoms with van der Waals surface area (Å²) in [6.45, 7) is 6.36. The van der Waals surface area contributed by atoms with E-state index in [-0.39, 0.29) is 18.3 Å². The van der Waals surface area contributed by atoms with Crippen LogP contribution in [0.5, 0.6) is 0 Å². The van der Waals surface area contributed by atoms with Gasteiger partial charge in [-0.3, -0.25) is 9.59 Å². The molecule has 0 aliphatic carbocycles. The van der Waals surface area contributed by atoms with Crippen molar-refractivity contribution >= 4 is 24.2 Å². The molecule has 4 heterocycles. The maximum atomic E-state index is 12.8. The molecule has 4 rings (SSSR count). The lowest BCUT2D eigenvalue weighted by atomic mass is 9.82. The number of nitrogens with zero attached hydrogens (tertiary/aromatic N) is 2. The number of piperidine rings is 3. The fourth-order valence-corrected chi connectivity index (χ4v) is 4.85. The highest BCUT2D eigenvalue weighted by atomic mass is 35.5. The summed E-state index contributed by atoms with van der Waals surface area (Å²) in [5.74, 6) is 1.77. The van der Waals surface area contributed by atoms with E-state index in [0.717, 1.165) is 57.4 Å². The highest BCUT2D eigenvalue weighted by molar-refractivity contribution is 5.93. The summed E-state index contributed by atoms with van der Waals surface area (Å²) in [5.41, 5.74) is 0.892. The van der Waals surface area contributed by atoms with Gasteiger partial charge in [0.25, 0.3) is 5.91 Å². The molecule has 0 unspecified atom stereocenters. The number of furan rings is 1. The first-order valence-corrected chi connectivity index (χ1v) is 9.97. The van der Waals surface area contributed by atoms with Crippen LogP contribution in [-0.2, 0) is 4.79 Å². The molecular formula is C20H30ClN3O3. The summed E-state index contributed by atoms with van der Waals surface area (Å²) >= 11 is 0. The van der Waals surface area contributed by atoms with Crippen molar-refractivity contribution in [3.05, 3.63) is 23.7 Å². The van der Waals surface area contributed by atoms with Gasteiger partial charge in [-0.05, 0) is 63.6 Å². The third-order valence-electron chi connectivity index (χ3n) is 6.40. The number of aryl methyl sites for hydroxylation is 1. The van der Waals surface area contributed by atoms with E-state index in [0.29, 0.717) is 42.5 Å². The number of carbonyl (C=O) groups is 2. The molecule has 0 radical (unpaired) electrons. The van der Waals surface area contributed by atoms with E-state index in [9.17, 15) is 9.59 Å². The number of hydrogen-bond donors (Lipinski definition) is 1. The second-order valence-electron chi connectivity index (χ2n) is 8.08. The number of fused-ring (bicyclic) bond motifs is 1. The Morgan fingerprint density at radius 1 is 1.26 bits per heavy atom. The fraction of sp³-hybridized carbons (Fsp3) is 0.700. The molecule has 1 aromatic rings. The van der Waals surface area contributed by atoms with Crippen molar-refractivity contribution in [2.45, 2.75) is 45.1 Å². The maximum Gasteiger partial charge on any atom is 0.289 e. The SMILES string of the molecule is Cc1ccoc1C(=O)N1CC[C@@H]2[C@@H](CCC(=O)N2CC2CCNCC2)C1.Cl. The zero-order valence-corrected chi connectivity index (χ0v) is 16.8. The Kier molecular flexibility index (Phi) is 6.48. The third kappa shape index (κ3) is 4.16. The Hall–Kier alpha value is -1.53. The predicted octanol–water partition coefficient (Wildman–Crippen LogP) is 2.46. The number of hydrogen-bond acceptors (Lipinski definition) is 4. The first kappa shape index (κ1) is 20.2. The Morgan fingerprint density at radius 2 is 2.04 bits per heavy atom. The van der Waals surface area contributed by atoms with Crippen LogP contribution in [0, 0.1) is 18.8 Å². The molecule has 0 aromatic carbocycles. The van der Waals surface area contributed by atoms with Crippen LogP contribution >= 0.6 is 12.4 Å². The van der Waals surface area contributed by atoms with Crippen LogP contribution in [0.25, 0.3) is 0 Å². The molecule has 27 heavy (non-hydrogen) atoms. The van der Waals surface area contributed by atoms with E-state index in [1.54, 1.807) is 6.26 Å². The zero-order valence-electron chi connectivity index (χ0n) is 16.0. The van der Waals surface area contributed by atoms with Gasteiger partial charge >= 0.3 is 0 Å². The third-order valence-corrected chi connectivity index (χ3v) is 6.40. The minimum atomic E-state index is -0.00671. The summed E-state index contributed by atoms with van der Waals surface area (Å²) in [7, 11) is 0. The summed E-state index contributed by atoms with van der Waals surface area (Å²) in [5, 5.41) is 3.40. The molecule has 0 bridgehead atoms. The number of rotatable bonds is 3. The number of nitrogens with one attached hydrogen (secondary N) is 1. The molecule has 1 N–H and O–H groups in total. The van der Waals surface area contributed by atoms with Crippen LogP contribution in [0.15, 0.2) is 16.7 Å². The molecule has 3 aliphatic heterocycles. The average Bonchev–Trinajstić information content (AvgIpc) is 3.10. The molecule has 1 aromatic heterocycles. The molecule has 0 spiro atoms. The van der Waals surface area contributed by atoms with Crippen molar-refractivity contribution in [1.82, 2.24) is 15.1 Å². The molecule has 3 saturated heterocycles. The largest absolute Gasteiger partial charge is 0.459 e. The molecule has 6 nitrogen and oxygen atoms in total. The lowest BCUT2D eigenvalue weighted by Gasteiger charge is -2.48. The Bertz CT molecular complexity index is 671. The van der Waals surface area contributed by atoms with Gasteiger partial charge in [0.1, 0.15) is 0 Å². The topological polar surface area (TPSA) is 65.8 Å². The van der Waals surface area contributed by atoms with Crippen molar-refractivity contribution < 1.29 is 14.0 Å². The highest BCUT2D eigenvalue weighted by Gasteiger charge is 2.41. The molecule has 7 heteroatoms. The summed E-state index contributed by atoms with van der Waals surface area (Å²) in [4.78, 5) is 29.4. The zero-order chi connectivity index (χ0) is 18.1. The van der Waals surface area contributed by atoms with E-state index in [1.165, 1.54) is 0 Å². The van der Waals surface area contributed by atoms with Crippen LogP contribution in [0.1, 0.15) is 48.2 Å². The molecule has 3 fully saturated rings. The van der Waals surface area contributed by atoms with Gasteiger partial charge in [-0.1, -0.05) is 0 Å². The summed E-state index contributed by atoms with van der Waals surface area (Å²) in [6, 6.07) is 2.13. The Balaban J connectivity index is 0.00000210. The van der Waals surface area contributed by atoms with Gasteiger partial charge in [-0.2, -0.15) is 0 Å². The van der Waals surface area contributed by atoms with E-state index < -0.39 is 0 Å². The van der Waals surface area contributed by atoms with Gasteiger partial charge < -0.3 is 19.5 Å². The van der Waals surface area contributed by atoms with Crippen molar-refractivity contribution in [3.63, 3.8) is 0 Å². The predicted molar refractivity (Wildman–Crippen MR) is 105 cm³/mol. The van der Waals surface area contributed by atoms with Crippen LogP contribution < -0.4 is 5.32 Å². The Morgan fingerprint density at radius 3 is 2.74 bits per heavy atom. The van der Waals surface area contributed by atoms with Crippen molar-refractivity contribution in [1.29, 1.82) is 0 Å². The quantitative estimate of drug-likeness (QED) is 0.853. The van der Waals surface area contributed by atoms with Gasteiger partial charge in [-0.25, -0.2) is 0 Å². The van der Waals surface area contributed by atoms with Crippen LogP contribution in [0.4, 0.5) is 0 Å². The summed E-state index contributed by atoms with van der Waals surface area (Å²) < 4.78 is 5.39. The average molecular weight is 396 g/mol. The highest BCUT2D eigenvalue weighted by Crippen LogP contribution is 2.33. The van der Waals surface area contributed by atoms with Crippen LogP contribution in [0.2, 0.25) is 0 Å². The molecule has 150 valence electrons. The Labute approximate surface area is 167 Å². The number of carbonyl (C=O) groups excluding carboxylic acids is 2. The van der Waals surface area contributed by atoms with Gasteiger partial charge in [-0.15, -0.1) is 12.4 Å². The smallest absolute Gasteiger partial charge is 0.289 e. The van der Waals surface area contributed by atoms with Crippen molar-refractivity contribution in [3.8, 4) is 0 Å². The van der Waals surface area contributed by atoms with Crippen LogP contribution in [-0.4, -0.2) is 60.4 Å². The second kappa shape index (κ2) is 8.65. The number of halogens is 1. The summed E-state index contributed by atoms with van der Waals surface area (Å²) in [6.07, 6.45) is 6.29. The van der Waals surface area contributed by atoms with Crippen molar-refractivity contribution in [2.75, 3.05) is 32.7 Å². The molecule has 0 saturated carbocycles. The molecule has 3 aliphatic rings. The standard InChI is InChI=1S/C20H29N3O3.ClH/c1-14-7-11-26-19(14)20(25)22-10-6-17-16(13-22)2-3-18(24)23(17)12-15-4-8-21-9-5-15;/h7,11,15-17,21H,2-6,8-10,12-13H2,1H3;1H/t16-,17+;/m0./s1. The molecular weight excluding hydrogens is 366 g/mol. The van der Waals surface area contributed by atoms with Gasteiger partial charge in [0.15, 0.2) is 5.76 Å². The van der Waals surface area contributed by atoms with Crippen molar-refractivity contribution in [2.24, 2.45) is 11.8 Å². The monoisotopic (exact) mass is 395 g/mol. The second-order valence-corrected chi connectivity index (χ2v) is 8.08. The molecule has 2 amide bonds. The lowest BCUT2D eigenvalue weighted by molar-refractivity contribution is -0.141. The number of amides is 2. The van der Waals surface area contributed by atoms with Crippen LogP contribution in [0.3, 0.4) is 0 Å². The molecule has 2 atom stereocenters. The fourth-order valence-electron chi connectivity index (χ4n) is 4.85. The van der Waals surface area contributed by atoms with Gasteiger partial charge in [0.05, 0.1) is 6.26 Å². The van der Waals surface area contributed by atoms with Gasteiger partial charge in [0, 0.05) is 37.7 Å². The minimum absolute atomic E-state index is 0. The first-order chi connectivity index (χ1) is 12.6.